The Morgan fingerprint density at radius 2 is 2.17 bits per heavy atom. The van der Waals surface area contributed by atoms with E-state index in [4.69, 9.17) is 4.74 Å². The third-order valence-corrected chi connectivity index (χ3v) is 3.12. The summed E-state index contributed by atoms with van der Waals surface area (Å²) in [5, 5.41) is 13.1. The highest BCUT2D eigenvalue weighted by molar-refractivity contribution is 9.10. The summed E-state index contributed by atoms with van der Waals surface area (Å²) in [6.45, 7) is 7.48. The van der Waals surface area contributed by atoms with E-state index in [2.05, 4.69) is 35.1 Å². The Kier molecular flexibility index (Phi) is 7.32. The predicted molar refractivity (Wildman–Crippen MR) is 77.8 cm³/mol. The van der Waals surface area contributed by atoms with E-state index in [0.717, 1.165) is 36.2 Å². The van der Waals surface area contributed by atoms with Crippen LogP contribution >= 0.6 is 15.9 Å². The maximum atomic E-state index is 9.79. The molecule has 0 aliphatic heterocycles. The SMILES string of the molecule is CC(C)COCCCNCc1cccc(Br)c1O. The monoisotopic (exact) mass is 315 g/mol. The number of hydrogen-bond acceptors (Lipinski definition) is 3. The van der Waals surface area contributed by atoms with E-state index in [1.807, 2.05) is 18.2 Å². The molecule has 1 aromatic carbocycles. The highest BCUT2D eigenvalue weighted by Gasteiger charge is 2.03. The molecular weight excluding hydrogens is 294 g/mol. The van der Waals surface area contributed by atoms with Crippen LogP contribution in [0.4, 0.5) is 0 Å². The van der Waals surface area contributed by atoms with E-state index in [9.17, 15) is 5.11 Å². The van der Waals surface area contributed by atoms with Crippen molar-refractivity contribution in [3.63, 3.8) is 0 Å². The molecule has 18 heavy (non-hydrogen) atoms. The molecule has 1 rings (SSSR count). The molecule has 0 spiro atoms. The van der Waals surface area contributed by atoms with Gasteiger partial charge in [-0.05, 0) is 40.9 Å². The van der Waals surface area contributed by atoms with E-state index in [1.165, 1.54) is 0 Å². The minimum atomic E-state index is 0.320. The average molecular weight is 316 g/mol. The van der Waals surface area contributed by atoms with Gasteiger partial charge in [0.25, 0.3) is 0 Å². The molecule has 0 aliphatic carbocycles. The zero-order valence-electron chi connectivity index (χ0n) is 11.1. The quantitative estimate of drug-likeness (QED) is 0.723. The Morgan fingerprint density at radius 1 is 1.39 bits per heavy atom. The fourth-order valence-electron chi connectivity index (χ4n) is 1.54. The molecule has 4 heteroatoms. The van der Waals surface area contributed by atoms with E-state index in [0.29, 0.717) is 18.2 Å². The average Bonchev–Trinajstić information content (AvgIpc) is 2.32. The number of rotatable bonds is 8. The van der Waals surface area contributed by atoms with Gasteiger partial charge in [-0.2, -0.15) is 0 Å². The molecule has 0 fully saturated rings. The molecule has 0 aromatic heterocycles. The van der Waals surface area contributed by atoms with Gasteiger partial charge in [-0.1, -0.05) is 26.0 Å². The van der Waals surface area contributed by atoms with Crippen molar-refractivity contribution in [2.45, 2.75) is 26.8 Å². The molecule has 102 valence electrons. The predicted octanol–water partition coefficient (Wildman–Crippen LogP) is 3.31. The lowest BCUT2D eigenvalue weighted by Crippen LogP contribution is -2.17. The second-order valence-corrected chi connectivity index (χ2v) is 5.60. The third kappa shape index (κ3) is 5.85. The first-order valence-electron chi connectivity index (χ1n) is 6.36. The summed E-state index contributed by atoms with van der Waals surface area (Å²) in [6.07, 6.45) is 0.988. The minimum Gasteiger partial charge on any atom is -0.506 e. The van der Waals surface area contributed by atoms with E-state index >= 15 is 0 Å². The molecule has 0 saturated heterocycles. The summed E-state index contributed by atoms with van der Waals surface area (Å²) < 4.78 is 6.23. The van der Waals surface area contributed by atoms with E-state index < -0.39 is 0 Å². The van der Waals surface area contributed by atoms with Gasteiger partial charge in [0, 0.05) is 25.3 Å². The van der Waals surface area contributed by atoms with Gasteiger partial charge in [0.15, 0.2) is 0 Å². The van der Waals surface area contributed by atoms with Gasteiger partial charge in [-0.3, -0.25) is 0 Å². The van der Waals surface area contributed by atoms with Crippen molar-refractivity contribution in [1.29, 1.82) is 0 Å². The van der Waals surface area contributed by atoms with Crippen LogP contribution in [0.1, 0.15) is 25.8 Å². The van der Waals surface area contributed by atoms with Crippen LogP contribution in [0.2, 0.25) is 0 Å². The maximum Gasteiger partial charge on any atom is 0.134 e. The van der Waals surface area contributed by atoms with Crippen molar-refractivity contribution in [2.75, 3.05) is 19.8 Å². The number of halogens is 1. The normalized spacial score (nSPS) is 11.1. The van der Waals surface area contributed by atoms with Crippen molar-refractivity contribution in [2.24, 2.45) is 5.92 Å². The van der Waals surface area contributed by atoms with Crippen molar-refractivity contribution >= 4 is 15.9 Å². The van der Waals surface area contributed by atoms with Gasteiger partial charge in [0.2, 0.25) is 0 Å². The van der Waals surface area contributed by atoms with Crippen LogP contribution in [-0.4, -0.2) is 24.9 Å². The molecule has 1 aromatic rings. The van der Waals surface area contributed by atoms with Gasteiger partial charge < -0.3 is 15.2 Å². The van der Waals surface area contributed by atoms with Crippen molar-refractivity contribution in [1.82, 2.24) is 5.32 Å². The van der Waals surface area contributed by atoms with Crippen LogP contribution in [0, 0.1) is 5.92 Å². The standard InChI is InChI=1S/C14H22BrNO2/c1-11(2)10-18-8-4-7-16-9-12-5-3-6-13(15)14(12)17/h3,5-6,11,16-17H,4,7-10H2,1-2H3. The summed E-state index contributed by atoms with van der Waals surface area (Å²) in [4.78, 5) is 0. The zero-order valence-corrected chi connectivity index (χ0v) is 12.7. The number of nitrogens with one attached hydrogen (secondary N) is 1. The summed E-state index contributed by atoms with van der Waals surface area (Å²) in [5.74, 6) is 0.914. The molecule has 0 atom stereocenters. The highest BCUT2D eigenvalue weighted by atomic mass is 79.9. The van der Waals surface area contributed by atoms with Crippen LogP contribution in [0.5, 0.6) is 5.75 Å². The van der Waals surface area contributed by atoms with Gasteiger partial charge in [-0.15, -0.1) is 0 Å². The third-order valence-electron chi connectivity index (χ3n) is 2.48. The number of phenolic OH excluding ortho intramolecular Hbond substituents is 1. The first-order chi connectivity index (χ1) is 8.61. The number of benzene rings is 1. The lowest BCUT2D eigenvalue weighted by Gasteiger charge is -2.09. The van der Waals surface area contributed by atoms with E-state index in [1.54, 1.807) is 0 Å². The summed E-state index contributed by atoms with van der Waals surface area (Å²) in [6, 6.07) is 5.67. The lowest BCUT2D eigenvalue weighted by atomic mass is 10.2. The number of para-hydroxylation sites is 1. The fourth-order valence-corrected chi connectivity index (χ4v) is 1.95. The minimum absolute atomic E-state index is 0.320. The van der Waals surface area contributed by atoms with Crippen molar-refractivity contribution < 1.29 is 9.84 Å². The first-order valence-corrected chi connectivity index (χ1v) is 7.15. The Balaban J connectivity index is 2.13. The van der Waals surface area contributed by atoms with Crippen LogP contribution in [-0.2, 0) is 11.3 Å². The molecule has 0 bridgehead atoms. The van der Waals surface area contributed by atoms with Gasteiger partial charge >= 0.3 is 0 Å². The van der Waals surface area contributed by atoms with Gasteiger partial charge in [-0.25, -0.2) is 0 Å². The van der Waals surface area contributed by atoms with Crippen LogP contribution in [0.25, 0.3) is 0 Å². The Bertz CT molecular complexity index is 356. The van der Waals surface area contributed by atoms with Gasteiger partial charge in [0.05, 0.1) is 4.47 Å². The molecule has 0 heterocycles. The number of phenols is 1. The Hall–Kier alpha value is -0.580. The zero-order chi connectivity index (χ0) is 13.4. The Morgan fingerprint density at radius 3 is 2.89 bits per heavy atom. The largest absolute Gasteiger partial charge is 0.506 e. The molecule has 2 N–H and O–H groups in total. The molecular formula is C14H22BrNO2. The lowest BCUT2D eigenvalue weighted by molar-refractivity contribution is 0.108. The van der Waals surface area contributed by atoms with Crippen molar-refractivity contribution in [3.05, 3.63) is 28.2 Å². The molecule has 0 saturated carbocycles. The number of ether oxygens (including phenoxy) is 1. The van der Waals surface area contributed by atoms with E-state index in [-0.39, 0.29) is 0 Å². The topological polar surface area (TPSA) is 41.5 Å². The number of aromatic hydroxyl groups is 1. The molecule has 0 radical (unpaired) electrons. The second-order valence-electron chi connectivity index (χ2n) is 4.75. The molecule has 0 amide bonds. The summed E-state index contributed by atoms with van der Waals surface area (Å²) in [7, 11) is 0. The van der Waals surface area contributed by atoms with Crippen molar-refractivity contribution in [3.8, 4) is 5.75 Å². The number of hydrogen-bond donors (Lipinski definition) is 2. The van der Waals surface area contributed by atoms with Crippen LogP contribution < -0.4 is 5.32 Å². The fraction of sp³-hybridized carbons (Fsp3) is 0.571. The molecule has 0 unspecified atom stereocenters. The molecule has 3 nitrogen and oxygen atoms in total. The maximum absolute atomic E-state index is 9.79. The smallest absolute Gasteiger partial charge is 0.134 e. The van der Waals surface area contributed by atoms with Gasteiger partial charge in [0.1, 0.15) is 5.75 Å². The summed E-state index contributed by atoms with van der Waals surface area (Å²) in [5.41, 5.74) is 0.910. The second kappa shape index (κ2) is 8.51. The highest BCUT2D eigenvalue weighted by Crippen LogP contribution is 2.27. The summed E-state index contributed by atoms with van der Waals surface area (Å²) >= 11 is 3.30. The first kappa shape index (κ1) is 15.5. The Labute approximate surface area is 118 Å². The van der Waals surface area contributed by atoms with Crippen LogP contribution in [0.15, 0.2) is 22.7 Å². The molecule has 0 aliphatic rings. The van der Waals surface area contributed by atoms with Crippen LogP contribution in [0.3, 0.4) is 0 Å².